The molecule has 0 aliphatic rings. The van der Waals surface area contributed by atoms with Crippen LogP contribution >= 0.6 is 0 Å². The van der Waals surface area contributed by atoms with E-state index >= 15 is 0 Å². The maximum atomic E-state index is 11.9. The molecule has 0 aromatic heterocycles. The molecule has 307 valence electrons. The number of hydrogen-bond acceptors (Lipinski definition) is 4. The second-order valence-corrected chi connectivity index (χ2v) is 15.2. The van der Waals surface area contributed by atoms with Gasteiger partial charge < -0.3 is 33.2 Å². The van der Waals surface area contributed by atoms with Crippen molar-refractivity contribution >= 4 is 18.2 Å². The van der Waals surface area contributed by atoms with Crippen molar-refractivity contribution in [2.24, 2.45) is 0 Å². The quantitative estimate of drug-likeness (QED) is 0.0279. The van der Waals surface area contributed by atoms with E-state index in [0.717, 1.165) is 19.4 Å². The van der Waals surface area contributed by atoms with E-state index in [2.05, 4.69) is 37.1 Å². The van der Waals surface area contributed by atoms with E-state index < -0.39 is 12.0 Å². The van der Waals surface area contributed by atoms with E-state index in [9.17, 15) is 14.4 Å². The number of carbonyl (C=O) groups is 2. The van der Waals surface area contributed by atoms with Crippen LogP contribution < -0.4 is 16.4 Å². The molecule has 0 fully saturated rings. The van der Waals surface area contributed by atoms with Crippen LogP contribution in [0.1, 0.15) is 232 Å². The predicted octanol–water partition coefficient (Wildman–Crippen LogP) is 11.0. The molecule has 0 saturated heterocycles. The fourth-order valence-electron chi connectivity index (χ4n) is 6.42. The molecular weight excluding hydrogens is 727 g/mol. The Balaban J connectivity index is -0.00000103. The van der Waals surface area contributed by atoms with Gasteiger partial charge in [-0.05, 0) is 13.0 Å². The van der Waals surface area contributed by atoms with Gasteiger partial charge in [0, 0.05) is 13.0 Å². The average Bonchev–Trinajstić information content (AvgIpc) is 3.12. The van der Waals surface area contributed by atoms with Crippen molar-refractivity contribution in [3.05, 3.63) is 6.92 Å². The first-order chi connectivity index (χ1) is 24.9. The number of carbonyl (C=O) groups excluding carboxylic acids is 2. The number of amides is 1. The number of aliphatic carboxylic acids is 1. The summed E-state index contributed by atoms with van der Waals surface area (Å²) in [6, 6.07) is -0.569. The number of carboxylic acids is 1. The van der Waals surface area contributed by atoms with E-state index in [1.807, 2.05) is 6.29 Å². The SMILES string of the molecule is CCCCCCCCCCCCCCCCC[C-]=O.[CH2-]C(CNC(=O)C([NH3+])CCC(=O)O)NCCCCCCCCCCCCCCCCCC.[Nb+2]. The standard InChI is InChI=1S/C26H52N3O3.C18H35O.Nb/c1-3-4-5-6-7-8-9-10-11-12-13-14-15-16-17-18-21-28-23(2)22-29-26(32)24(27)19-20-25(30)31;1-2-3-4-5-6-7-8-9-10-11-12-13-14-15-16-17-18-19;/h23-24,28H,2-22,27H2,1H3,(H,29,32)(H,30,31);2-17H2,1H3;/q2*-1;+2/p+1. The molecule has 0 aromatic carbocycles. The molecule has 7 nitrogen and oxygen atoms in total. The molecule has 0 bridgehead atoms. The van der Waals surface area contributed by atoms with Gasteiger partial charge in [0.15, 0.2) is 6.04 Å². The number of rotatable bonds is 40. The summed E-state index contributed by atoms with van der Waals surface area (Å²) in [6.45, 7) is 9.92. The zero-order valence-corrected chi connectivity index (χ0v) is 36.8. The third-order valence-corrected chi connectivity index (χ3v) is 9.95. The Morgan fingerprint density at radius 1 is 0.596 bits per heavy atom. The van der Waals surface area contributed by atoms with Crippen LogP contribution in [0.2, 0.25) is 0 Å². The summed E-state index contributed by atoms with van der Waals surface area (Å²) in [6.07, 6.45) is 45.3. The summed E-state index contributed by atoms with van der Waals surface area (Å²) in [4.78, 5) is 32.4. The molecule has 0 heterocycles. The summed E-state index contributed by atoms with van der Waals surface area (Å²) in [5.74, 6) is -1.11. The van der Waals surface area contributed by atoms with Crippen molar-refractivity contribution in [3.8, 4) is 0 Å². The third kappa shape index (κ3) is 49.3. The molecule has 52 heavy (non-hydrogen) atoms. The molecule has 0 saturated carbocycles. The van der Waals surface area contributed by atoms with Crippen LogP contribution in [-0.4, -0.2) is 48.4 Å². The van der Waals surface area contributed by atoms with Crippen molar-refractivity contribution in [2.45, 2.75) is 244 Å². The first-order valence-electron chi connectivity index (χ1n) is 22.1. The molecule has 1 amide bonds. The number of quaternary nitrogens is 1. The number of unbranched alkanes of at least 4 members (excludes halogenated alkanes) is 30. The van der Waals surface area contributed by atoms with Crippen molar-refractivity contribution in [2.75, 3.05) is 13.1 Å². The largest absolute Gasteiger partial charge is 2.00 e. The van der Waals surface area contributed by atoms with Crippen LogP contribution in [0.4, 0.5) is 0 Å². The van der Waals surface area contributed by atoms with Crippen LogP contribution in [0.5, 0.6) is 0 Å². The Labute approximate surface area is 339 Å². The van der Waals surface area contributed by atoms with Crippen LogP contribution in [0.25, 0.3) is 0 Å². The molecule has 0 rings (SSSR count). The molecular formula is C44H88N3NbO4+. The first-order valence-corrected chi connectivity index (χ1v) is 22.1. The Kier molecular flexibility index (Phi) is 51.6. The fraction of sp³-hybridized carbons (Fsp3) is 0.909. The monoisotopic (exact) mass is 816 g/mol. The zero-order valence-electron chi connectivity index (χ0n) is 34.6. The van der Waals surface area contributed by atoms with Gasteiger partial charge in [-0.25, -0.2) is 0 Å². The van der Waals surface area contributed by atoms with Crippen LogP contribution in [-0.2, 0) is 36.8 Å². The van der Waals surface area contributed by atoms with Crippen LogP contribution in [0.3, 0.4) is 0 Å². The molecule has 0 aliphatic carbocycles. The molecule has 8 heteroatoms. The molecule has 2 atom stereocenters. The summed E-state index contributed by atoms with van der Waals surface area (Å²) in [5.41, 5.74) is 3.72. The van der Waals surface area contributed by atoms with Gasteiger partial charge in [0.25, 0.3) is 5.91 Å². The van der Waals surface area contributed by atoms with Crippen molar-refractivity contribution in [3.63, 3.8) is 0 Å². The van der Waals surface area contributed by atoms with Gasteiger partial charge in [0.1, 0.15) is 0 Å². The van der Waals surface area contributed by atoms with Gasteiger partial charge in [-0.3, -0.25) is 15.9 Å². The minimum Gasteiger partial charge on any atom is -0.542 e. The molecule has 0 aliphatic heterocycles. The van der Waals surface area contributed by atoms with Crippen LogP contribution in [0, 0.1) is 6.92 Å². The number of nitrogens with one attached hydrogen (secondary N) is 2. The first kappa shape index (κ1) is 55.6. The molecule has 2 unspecified atom stereocenters. The van der Waals surface area contributed by atoms with E-state index in [0.29, 0.717) is 13.0 Å². The average molecular weight is 816 g/mol. The maximum absolute atomic E-state index is 11.9. The van der Waals surface area contributed by atoms with E-state index in [4.69, 9.17) is 5.11 Å². The minimum absolute atomic E-state index is 0. The van der Waals surface area contributed by atoms with Crippen molar-refractivity contribution in [1.29, 1.82) is 0 Å². The fourth-order valence-corrected chi connectivity index (χ4v) is 6.42. The third-order valence-electron chi connectivity index (χ3n) is 9.95. The Morgan fingerprint density at radius 2 is 0.923 bits per heavy atom. The summed E-state index contributed by atoms with van der Waals surface area (Å²) in [5, 5.41) is 14.8. The second kappa shape index (κ2) is 48.3. The molecule has 6 N–H and O–H groups in total. The van der Waals surface area contributed by atoms with E-state index in [-0.39, 0.29) is 47.2 Å². The van der Waals surface area contributed by atoms with E-state index in [1.54, 1.807) is 0 Å². The molecule has 0 aromatic rings. The van der Waals surface area contributed by atoms with Crippen molar-refractivity contribution < 1.29 is 47.6 Å². The van der Waals surface area contributed by atoms with E-state index in [1.165, 1.54) is 186 Å². The number of carboxylic acid groups (broad SMARTS) is 1. The molecule has 0 spiro atoms. The van der Waals surface area contributed by atoms with Crippen LogP contribution in [0.15, 0.2) is 0 Å². The van der Waals surface area contributed by atoms with Gasteiger partial charge in [-0.15, -0.1) is 6.04 Å². The second-order valence-electron chi connectivity index (χ2n) is 15.2. The molecule has 1 radical (unpaired) electrons. The summed E-state index contributed by atoms with van der Waals surface area (Å²) >= 11 is 0. The van der Waals surface area contributed by atoms with Crippen molar-refractivity contribution in [1.82, 2.24) is 10.6 Å². The van der Waals surface area contributed by atoms with Gasteiger partial charge in [0.05, 0.1) is 6.42 Å². The summed E-state index contributed by atoms with van der Waals surface area (Å²) in [7, 11) is 0. The Hall–Kier alpha value is -0.730. The van der Waals surface area contributed by atoms with Gasteiger partial charge in [-0.2, -0.15) is 6.42 Å². The van der Waals surface area contributed by atoms with Gasteiger partial charge >= 0.3 is 28.3 Å². The minimum atomic E-state index is -0.901. The Morgan fingerprint density at radius 3 is 1.25 bits per heavy atom. The number of hydrogen-bond donors (Lipinski definition) is 4. The van der Waals surface area contributed by atoms with Gasteiger partial charge in [0.2, 0.25) is 0 Å². The predicted molar refractivity (Wildman–Crippen MR) is 218 cm³/mol. The summed E-state index contributed by atoms with van der Waals surface area (Å²) < 4.78 is 0. The normalized spacial score (nSPS) is 12.0. The topological polar surface area (TPSA) is 123 Å². The Bertz CT molecular complexity index is 728. The smallest absolute Gasteiger partial charge is 0.542 e. The zero-order chi connectivity index (χ0) is 37.9. The van der Waals surface area contributed by atoms with Gasteiger partial charge in [-0.1, -0.05) is 206 Å². The maximum Gasteiger partial charge on any atom is 2.00 e.